The highest BCUT2D eigenvalue weighted by atomic mass is 32.1. The van der Waals surface area contributed by atoms with Crippen LogP contribution in [0.3, 0.4) is 0 Å². The molecule has 0 aliphatic heterocycles. The third kappa shape index (κ3) is 5.43. The molecular formula is C14H20N2O2S. The third-order valence-corrected chi connectivity index (χ3v) is 3.55. The number of carbonyl (C=O) groups excluding carboxylic acids is 1. The van der Waals surface area contributed by atoms with Gasteiger partial charge in [-0.25, -0.2) is 0 Å². The van der Waals surface area contributed by atoms with E-state index < -0.39 is 0 Å². The topological polar surface area (TPSA) is 66.6 Å². The van der Waals surface area contributed by atoms with Gasteiger partial charge in [0.15, 0.2) is 0 Å². The van der Waals surface area contributed by atoms with Gasteiger partial charge in [-0.2, -0.15) is 0 Å². The lowest BCUT2D eigenvalue weighted by molar-refractivity contribution is -0.119. The number of hydrogen-bond donors (Lipinski definition) is 2. The third-order valence-electron chi connectivity index (χ3n) is 2.64. The molecule has 0 aromatic carbocycles. The van der Waals surface area contributed by atoms with E-state index in [1.165, 1.54) is 0 Å². The Morgan fingerprint density at radius 2 is 2.32 bits per heavy atom. The Bertz CT molecular complexity index is 471. The molecule has 19 heavy (non-hydrogen) atoms. The molecule has 1 aromatic heterocycles. The Labute approximate surface area is 118 Å². The van der Waals surface area contributed by atoms with Gasteiger partial charge in [-0.1, -0.05) is 11.8 Å². The average Bonchev–Trinajstić information content (AvgIpc) is 2.75. The van der Waals surface area contributed by atoms with Gasteiger partial charge in [-0.05, 0) is 25.3 Å². The fraction of sp³-hybridized carbons (Fsp3) is 0.500. The van der Waals surface area contributed by atoms with Gasteiger partial charge in [0, 0.05) is 29.4 Å². The van der Waals surface area contributed by atoms with Crippen LogP contribution in [-0.2, 0) is 11.3 Å². The predicted octanol–water partition coefficient (Wildman–Crippen LogP) is 1.18. The van der Waals surface area contributed by atoms with Crippen LogP contribution in [0.4, 0.5) is 0 Å². The zero-order chi connectivity index (χ0) is 14.3. The van der Waals surface area contributed by atoms with Gasteiger partial charge in [0.1, 0.15) is 0 Å². The highest BCUT2D eigenvalue weighted by Gasteiger charge is 2.15. The second kappa shape index (κ2) is 7.95. The highest BCUT2D eigenvalue weighted by Crippen LogP contribution is 2.19. The molecular weight excluding hydrogens is 260 g/mol. The highest BCUT2D eigenvalue weighted by molar-refractivity contribution is 7.10. The summed E-state index contributed by atoms with van der Waals surface area (Å²) >= 11 is 1.62. The van der Waals surface area contributed by atoms with E-state index in [1.54, 1.807) is 11.3 Å². The fourth-order valence-corrected chi connectivity index (χ4v) is 2.45. The number of primary amides is 1. The number of aliphatic hydroxyl groups is 1. The minimum absolute atomic E-state index is 0.0757. The van der Waals surface area contributed by atoms with Crippen molar-refractivity contribution >= 4 is 17.2 Å². The number of hydrogen-bond acceptors (Lipinski definition) is 4. The molecule has 5 heteroatoms. The molecule has 0 bridgehead atoms. The Balaban J connectivity index is 2.77. The molecule has 0 aliphatic rings. The van der Waals surface area contributed by atoms with E-state index in [1.807, 2.05) is 30.2 Å². The summed E-state index contributed by atoms with van der Waals surface area (Å²) in [5.41, 5.74) is 6.23. The lowest BCUT2D eigenvalue weighted by atomic mass is 10.2. The van der Waals surface area contributed by atoms with E-state index in [-0.39, 0.29) is 25.1 Å². The van der Waals surface area contributed by atoms with Crippen LogP contribution in [0.15, 0.2) is 11.4 Å². The quantitative estimate of drug-likeness (QED) is 0.769. The van der Waals surface area contributed by atoms with Crippen LogP contribution in [-0.4, -0.2) is 35.1 Å². The molecule has 3 N–H and O–H groups in total. The molecule has 0 unspecified atom stereocenters. The SMILES string of the molecule is CC(C)N(CC(N)=O)Cc1sccc1C#CCCO. The maximum absolute atomic E-state index is 11.1. The summed E-state index contributed by atoms with van der Waals surface area (Å²) in [6, 6.07) is 2.21. The van der Waals surface area contributed by atoms with E-state index in [9.17, 15) is 4.79 Å². The first kappa shape index (κ1) is 15.7. The molecule has 104 valence electrons. The molecule has 0 radical (unpaired) electrons. The van der Waals surface area contributed by atoms with E-state index in [0.29, 0.717) is 13.0 Å². The Hall–Kier alpha value is -1.35. The number of nitrogens with zero attached hydrogens (tertiary/aromatic N) is 1. The van der Waals surface area contributed by atoms with Gasteiger partial charge in [-0.15, -0.1) is 11.3 Å². The summed E-state index contributed by atoms with van der Waals surface area (Å²) in [7, 11) is 0. The number of rotatable bonds is 6. The molecule has 1 amide bonds. The van der Waals surface area contributed by atoms with E-state index in [4.69, 9.17) is 10.8 Å². The van der Waals surface area contributed by atoms with Gasteiger partial charge >= 0.3 is 0 Å². The Morgan fingerprint density at radius 1 is 1.58 bits per heavy atom. The number of carbonyl (C=O) groups is 1. The van der Waals surface area contributed by atoms with E-state index in [2.05, 4.69) is 11.8 Å². The van der Waals surface area contributed by atoms with Crippen molar-refractivity contribution in [2.75, 3.05) is 13.2 Å². The van der Waals surface area contributed by atoms with Crippen molar-refractivity contribution in [2.24, 2.45) is 5.73 Å². The molecule has 1 heterocycles. The Morgan fingerprint density at radius 3 is 2.89 bits per heavy atom. The minimum atomic E-state index is -0.321. The van der Waals surface area contributed by atoms with Crippen LogP contribution in [0.1, 0.15) is 30.7 Å². The largest absolute Gasteiger partial charge is 0.395 e. The second-order valence-electron chi connectivity index (χ2n) is 4.50. The first-order chi connectivity index (χ1) is 9.04. The normalized spacial score (nSPS) is 10.6. The van der Waals surface area contributed by atoms with Crippen LogP contribution >= 0.6 is 11.3 Å². The van der Waals surface area contributed by atoms with Crippen molar-refractivity contribution in [3.63, 3.8) is 0 Å². The fourth-order valence-electron chi connectivity index (χ4n) is 1.59. The van der Waals surface area contributed by atoms with Crippen molar-refractivity contribution in [1.29, 1.82) is 0 Å². The molecule has 0 saturated heterocycles. The summed E-state index contributed by atoms with van der Waals surface area (Å²) < 4.78 is 0. The lowest BCUT2D eigenvalue weighted by Gasteiger charge is -2.24. The predicted molar refractivity (Wildman–Crippen MR) is 77.6 cm³/mol. The smallest absolute Gasteiger partial charge is 0.231 e. The van der Waals surface area contributed by atoms with Crippen LogP contribution in [0.5, 0.6) is 0 Å². The van der Waals surface area contributed by atoms with Gasteiger partial charge in [0.05, 0.1) is 13.2 Å². The number of aliphatic hydroxyl groups excluding tert-OH is 1. The average molecular weight is 280 g/mol. The van der Waals surface area contributed by atoms with Crippen molar-refractivity contribution in [3.8, 4) is 11.8 Å². The maximum atomic E-state index is 11.1. The van der Waals surface area contributed by atoms with Gasteiger partial charge in [-0.3, -0.25) is 9.69 Å². The molecule has 0 saturated carbocycles. The zero-order valence-electron chi connectivity index (χ0n) is 11.3. The number of thiophene rings is 1. The molecule has 0 spiro atoms. The van der Waals surface area contributed by atoms with Crippen molar-refractivity contribution in [1.82, 2.24) is 4.90 Å². The summed E-state index contributed by atoms with van der Waals surface area (Å²) in [5.74, 6) is 5.65. The molecule has 1 rings (SSSR count). The first-order valence-electron chi connectivity index (χ1n) is 6.23. The number of amides is 1. The van der Waals surface area contributed by atoms with Gasteiger partial charge in [0.2, 0.25) is 5.91 Å². The summed E-state index contributed by atoms with van der Waals surface area (Å²) in [6.07, 6.45) is 0.477. The zero-order valence-corrected chi connectivity index (χ0v) is 12.2. The van der Waals surface area contributed by atoms with Crippen LogP contribution in [0, 0.1) is 11.8 Å². The standard InChI is InChI=1S/C14H20N2O2S/c1-11(2)16(10-14(15)18)9-13-12(6-8-19-13)5-3-4-7-17/h6,8,11,17H,4,7,9-10H2,1-2H3,(H2,15,18). The van der Waals surface area contributed by atoms with Crippen molar-refractivity contribution in [2.45, 2.75) is 32.9 Å². The lowest BCUT2D eigenvalue weighted by Crippen LogP contribution is -2.37. The molecule has 4 nitrogen and oxygen atoms in total. The van der Waals surface area contributed by atoms with E-state index >= 15 is 0 Å². The van der Waals surface area contributed by atoms with Gasteiger partial charge < -0.3 is 10.8 Å². The van der Waals surface area contributed by atoms with E-state index in [0.717, 1.165) is 10.4 Å². The Kier molecular flexibility index (Phi) is 6.57. The summed E-state index contributed by atoms with van der Waals surface area (Å²) in [5, 5.41) is 10.7. The van der Waals surface area contributed by atoms with Crippen molar-refractivity contribution < 1.29 is 9.90 Å². The van der Waals surface area contributed by atoms with Crippen LogP contribution in [0.25, 0.3) is 0 Å². The summed E-state index contributed by atoms with van der Waals surface area (Å²) in [6.45, 7) is 5.06. The first-order valence-corrected chi connectivity index (χ1v) is 7.11. The van der Waals surface area contributed by atoms with Crippen molar-refractivity contribution in [3.05, 3.63) is 21.9 Å². The minimum Gasteiger partial charge on any atom is -0.395 e. The molecule has 0 aliphatic carbocycles. The molecule has 0 atom stereocenters. The van der Waals surface area contributed by atoms with Crippen LogP contribution in [0.2, 0.25) is 0 Å². The molecule has 0 fully saturated rings. The van der Waals surface area contributed by atoms with Crippen LogP contribution < -0.4 is 5.73 Å². The molecule has 1 aromatic rings. The maximum Gasteiger partial charge on any atom is 0.231 e. The second-order valence-corrected chi connectivity index (χ2v) is 5.50. The van der Waals surface area contributed by atoms with Gasteiger partial charge in [0.25, 0.3) is 0 Å². The number of nitrogens with two attached hydrogens (primary N) is 1. The monoisotopic (exact) mass is 280 g/mol. The summed E-state index contributed by atoms with van der Waals surface area (Å²) in [4.78, 5) is 14.2.